The minimum atomic E-state index is -0.891. The monoisotopic (exact) mass is 126 g/mol. The van der Waals surface area contributed by atoms with E-state index < -0.39 is 6.16 Å². The van der Waals surface area contributed by atoms with Crippen molar-refractivity contribution in [2.24, 2.45) is 0 Å². The molecular weight excluding hydrogens is 119 g/mol. The quantitative estimate of drug-likeness (QED) is 0.311. The summed E-state index contributed by atoms with van der Waals surface area (Å²) in [5, 5.41) is 0. The zero-order chi connectivity index (χ0) is 7.28. The lowest BCUT2D eigenvalue weighted by molar-refractivity contribution is 0.111. The Morgan fingerprint density at radius 1 is 1.78 bits per heavy atom. The third-order valence-corrected chi connectivity index (χ3v) is 0.533. The smallest absolute Gasteiger partial charge is 0.489 e. The summed E-state index contributed by atoms with van der Waals surface area (Å²) in [6.07, 6.45) is -0.891. The van der Waals surface area contributed by atoms with Crippen molar-refractivity contribution in [3.05, 3.63) is 12.2 Å². The maximum atomic E-state index is 10.1. The van der Waals surface area contributed by atoms with Gasteiger partial charge < -0.3 is 9.39 Å². The van der Waals surface area contributed by atoms with Crippen molar-refractivity contribution < 1.29 is 14.2 Å². The minimum absolute atomic E-state index is 0.149. The average molecular weight is 126 g/mol. The van der Waals surface area contributed by atoms with Gasteiger partial charge in [-0.2, -0.15) is 0 Å². The second kappa shape index (κ2) is 4.00. The van der Waals surface area contributed by atoms with E-state index in [2.05, 4.69) is 24.0 Å². The van der Waals surface area contributed by atoms with Crippen LogP contribution < -0.4 is 0 Å². The van der Waals surface area contributed by atoms with Gasteiger partial charge >= 0.3 is 14.2 Å². The zero-order valence-corrected chi connectivity index (χ0v) is 5.22. The fourth-order valence-electron chi connectivity index (χ4n) is 0.216. The first-order valence-corrected chi connectivity index (χ1v) is 2.34. The Labute approximate surface area is 55.1 Å². The van der Waals surface area contributed by atoms with Crippen molar-refractivity contribution in [1.29, 1.82) is 0 Å². The molecule has 48 valence electrons. The summed E-state index contributed by atoms with van der Waals surface area (Å²) in [5.41, 5.74) is 0.736. The van der Waals surface area contributed by atoms with Gasteiger partial charge in [0.25, 0.3) is 0 Å². The van der Waals surface area contributed by atoms with Crippen LogP contribution in [0.15, 0.2) is 12.2 Å². The Balaban J connectivity index is 3.28. The van der Waals surface area contributed by atoms with Crippen LogP contribution in [-0.2, 0) is 9.39 Å². The molecule has 0 saturated carbocycles. The van der Waals surface area contributed by atoms with Crippen LogP contribution in [0.2, 0.25) is 0 Å². The predicted molar refractivity (Wildman–Crippen MR) is 33.0 cm³/mol. The van der Waals surface area contributed by atoms with Gasteiger partial charge in [0.15, 0.2) is 0 Å². The number of carbonyl (C=O) groups is 1. The van der Waals surface area contributed by atoms with Crippen LogP contribution in [-0.4, -0.2) is 20.8 Å². The van der Waals surface area contributed by atoms with Crippen molar-refractivity contribution >= 4 is 14.2 Å². The first-order valence-electron chi connectivity index (χ1n) is 2.34. The van der Waals surface area contributed by atoms with E-state index in [4.69, 9.17) is 0 Å². The minimum Gasteiger partial charge on any atom is -0.513 e. The van der Waals surface area contributed by atoms with Crippen LogP contribution in [0.25, 0.3) is 0 Å². The zero-order valence-electron chi connectivity index (χ0n) is 5.22. The number of hydrogen-bond donors (Lipinski definition) is 0. The largest absolute Gasteiger partial charge is 0.513 e. The summed E-state index contributed by atoms with van der Waals surface area (Å²) >= 11 is 0. The SMILES string of the molecule is [B]OC(=O)OCC(=C)C. The van der Waals surface area contributed by atoms with E-state index in [1.165, 1.54) is 0 Å². The topological polar surface area (TPSA) is 35.5 Å². The highest BCUT2D eigenvalue weighted by molar-refractivity contribution is 6.04. The van der Waals surface area contributed by atoms with Crippen LogP contribution in [0.5, 0.6) is 0 Å². The van der Waals surface area contributed by atoms with Gasteiger partial charge in [-0.3, -0.25) is 0 Å². The normalized spacial score (nSPS) is 8.11. The number of hydrogen-bond acceptors (Lipinski definition) is 3. The first kappa shape index (κ1) is 8.07. The first-order chi connectivity index (χ1) is 4.16. The highest BCUT2D eigenvalue weighted by atomic mass is 16.7. The van der Waals surface area contributed by atoms with Gasteiger partial charge in [0, 0.05) is 0 Å². The van der Waals surface area contributed by atoms with Crippen LogP contribution in [0.3, 0.4) is 0 Å². The fourth-order valence-corrected chi connectivity index (χ4v) is 0.216. The van der Waals surface area contributed by atoms with Crippen molar-refractivity contribution in [3.8, 4) is 0 Å². The molecule has 0 aliphatic carbocycles. The summed E-state index contributed by atoms with van der Waals surface area (Å²) in [4.78, 5) is 10.1. The summed E-state index contributed by atoms with van der Waals surface area (Å²) in [5.74, 6) is 0. The number of rotatable bonds is 2. The van der Waals surface area contributed by atoms with E-state index in [0.29, 0.717) is 0 Å². The molecule has 0 amide bonds. The molecule has 0 unspecified atom stereocenters. The molecule has 0 aromatic heterocycles. The third kappa shape index (κ3) is 4.94. The lowest BCUT2D eigenvalue weighted by Crippen LogP contribution is -2.06. The highest BCUT2D eigenvalue weighted by Gasteiger charge is 1.96. The molecule has 0 rings (SSSR count). The molecule has 9 heavy (non-hydrogen) atoms. The van der Waals surface area contributed by atoms with Crippen LogP contribution in [0.4, 0.5) is 4.79 Å². The molecular formula is C5H7BO3. The van der Waals surface area contributed by atoms with Crippen molar-refractivity contribution in [2.75, 3.05) is 6.61 Å². The molecule has 0 N–H and O–H groups in total. The van der Waals surface area contributed by atoms with E-state index in [9.17, 15) is 4.79 Å². The second-order valence-electron chi connectivity index (χ2n) is 1.61. The Morgan fingerprint density at radius 2 is 2.33 bits per heavy atom. The summed E-state index contributed by atoms with van der Waals surface area (Å²) in [6.45, 7) is 5.36. The molecule has 0 saturated heterocycles. The summed E-state index contributed by atoms with van der Waals surface area (Å²) in [6, 6.07) is 0. The molecule has 0 aromatic carbocycles. The van der Waals surface area contributed by atoms with Gasteiger partial charge in [0.05, 0.1) is 0 Å². The van der Waals surface area contributed by atoms with Gasteiger partial charge in [0.2, 0.25) is 0 Å². The lowest BCUT2D eigenvalue weighted by Gasteiger charge is -2.00. The standard InChI is InChI=1S/C5H7BO3/c1-4(2)3-8-5(7)9-6/h1,3H2,2H3. The fraction of sp³-hybridized carbons (Fsp3) is 0.400. The van der Waals surface area contributed by atoms with Crippen molar-refractivity contribution in [1.82, 2.24) is 0 Å². The van der Waals surface area contributed by atoms with E-state index in [0.717, 1.165) is 5.57 Å². The second-order valence-corrected chi connectivity index (χ2v) is 1.61. The van der Waals surface area contributed by atoms with Crippen LogP contribution in [0.1, 0.15) is 6.92 Å². The molecule has 2 radical (unpaired) electrons. The Morgan fingerprint density at radius 3 is 2.67 bits per heavy atom. The van der Waals surface area contributed by atoms with Gasteiger partial charge in [-0.15, -0.1) is 0 Å². The summed E-state index contributed by atoms with van der Waals surface area (Å²) in [7, 11) is 4.45. The molecule has 4 heteroatoms. The van der Waals surface area contributed by atoms with Crippen LogP contribution >= 0.6 is 0 Å². The molecule has 0 fully saturated rings. The maximum Gasteiger partial charge on any atom is 0.489 e. The molecule has 0 atom stereocenters. The maximum absolute atomic E-state index is 10.1. The molecule has 0 heterocycles. The van der Waals surface area contributed by atoms with Gasteiger partial charge in [-0.1, -0.05) is 6.58 Å². The molecule has 3 nitrogen and oxygen atoms in total. The van der Waals surface area contributed by atoms with Gasteiger partial charge in [-0.05, 0) is 12.5 Å². The van der Waals surface area contributed by atoms with Gasteiger partial charge in [0.1, 0.15) is 6.61 Å². The third-order valence-electron chi connectivity index (χ3n) is 0.533. The van der Waals surface area contributed by atoms with Crippen molar-refractivity contribution in [2.45, 2.75) is 6.92 Å². The number of ether oxygens (including phenoxy) is 1. The summed E-state index contributed by atoms with van der Waals surface area (Å²) < 4.78 is 8.07. The van der Waals surface area contributed by atoms with Crippen molar-refractivity contribution in [3.63, 3.8) is 0 Å². The molecule has 0 aliphatic heterocycles. The highest BCUT2D eigenvalue weighted by Crippen LogP contribution is 1.89. The lowest BCUT2D eigenvalue weighted by atomic mass is 10.4. The predicted octanol–water partition coefficient (Wildman–Crippen LogP) is 0.799. The average Bonchev–Trinajstić information content (AvgIpc) is 1.83. The van der Waals surface area contributed by atoms with E-state index in [-0.39, 0.29) is 6.61 Å². The Kier molecular flexibility index (Phi) is 3.59. The van der Waals surface area contributed by atoms with Gasteiger partial charge in [-0.25, -0.2) is 4.79 Å². The van der Waals surface area contributed by atoms with E-state index in [1.54, 1.807) is 6.92 Å². The Hall–Kier alpha value is -0.925. The van der Waals surface area contributed by atoms with E-state index >= 15 is 0 Å². The Bertz CT molecular complexity index is 121. The molecule has 0 aromatic rings. The van der Waals surface area contributed by atoms with Crippen LogP contribution in [0, 0.1) is 0 Å². The molecule has 0 spiro atoms. The number of carbonyl (C=O) groups excluding carboxylic acids is 1. The molecule has 0 aliphatic rings. The van der Waals surface area contributed by atoms with E-state index in [1.807, 2.05) is 0 Å². The molecule has 0 bridgehead atoms.